The van der Waals surface area contributed by atoms with Crippen LogP contribution in [-0.4, -0.2) is 73.7 Å². The second-order valence-corrected chi connectivity index (χ2v) is 8.33. The number of carbonyl (C=O) groups excluding carboxylic acids is 1. The topological polar surface area (TPSA) is 130 Å². The third-order valence-corrected chi connectivity index (χ3v) is 5.42. The zero-order chi connectivity index (χ0) is 26.3. The molecule has 1 heterocycles. The molecule has 0 unspecified atom stereocenters. The van der Waals surface area contributed by atoms with E-state index >= 15 is 0 Å². The fourth-order valence-electron chi connectivity index (χ4n) is 2.83. The maximum absolute atomic E-state index is 13.0. The number of alkyl halides is 3. The summed E-state index contributed by atoms with van der Waals surface area (Å²) in [4.78, 5) is 24.2. The van der Waals surface area contributed by atoms with Gasteiger partial charge in [0.2, 0.25) is 11.9 Å². The second-order valence-electron chi connectivity index (χ2n) is 7.53. The van der Waals surface area contributed by atoms with E-state index in [-0.39, 0.29) is 35.4 Å². The minimum atomic E-state index is -4.89. The van der Waals surface area contributed by atoms with Crippen molar-refractivity contribution in [1.82, 2.24) is 14.9 Å². The first-order chi connectivity index (χ1) is 16.4. The Labute approximate surface area is 205 Å². The predicted octanol–water partition coefficient (Wildman–Crippen LogP) is 2.95. The molecule has 2 aromatic rings. The van der Waals surface area contributed by atoms with Crippen LogP contribution in [0.5, 0.6) is 11.5 Å². The quantitative estimate of drug-likeness (QED) is 0.361. The molecule has 0 fully saturated rings. The van der Waals surface area contributed by atoms with Crippen LogP contribution in [0.25, 0.3) is 0 Å². The van der Waals surface area contributed by atoms with Crippen molar-refractivity contribution in [3.05, 3.63) is 23.8 Å². The Morgan fingerprint density at radius 3 is 2.57 bits per heavy atom. The van der Waals surface area contributed by atoms with E-state index in [0.717, 1.165) is 23.9 Å². The average molecular weight is 514 g/mol. The maximum atomic E-state index is 13.0. The number of nitrogen functional groups attached to an aromatic ring is 1. The third kappa shape index (κ3) is 7.79. The standard InChI is InChI=1S/C21H26F3N7O3S/c1-12(18(32)27-17-14(11-25)19(35-5)29-20(26)28-17)31(4)15-10-13(34-21(22,23)24)6-7-16(15)33-9-8-30(2)3/h6-7,10,12H,8-9H2,1-5H3,(H3,26,27,28,29,32)/t12-/m0/s1. The molecule has 0 bridgehead atoms. The maximum Gasteiger partial charge on any atom is 0.573 e. The molecular weight excluding hydrogens is 487 g/mol. The Kier molecular flexibility index (Phi) is 9.38. The van der Waals surface area contributed by atoms with Gasteiger partial charge in [-0.25, -0.2) is 4.98 Å². The number of hydrogen-bond donors (Lipinski definition) is 2. The van der Waals surface area contributed by atoms with Crippen molar-refractivity contribution in [3.63, 3.8) is 0 Å². The molecule has 0 radical (unpaired) electrons. The van der Waals surface area contributed by atoms with E-state index < -0.39 is 24.1 Å². The lowest BCUT2D eigenvalue weighted by molar-refractivity contribution is -0.274. The lowest BCUT2D eigenvalue weighted by atomic mass is 10.2. The molecule has 35 heavy (non-hydrogen) atoms. The first-order valence-electron chi connectivity index (χ1n) is 10.2. The molecule has 1 aromatic carbocycles. The van der Waals surface area contributed by atoms with Crippen LogP contribution in [0.2, 0.25) is 0 Å². The molecule has 0 saturated heterocycles. The minimum absolute atomic E-state index is 0.0446. The van der Waals surface area contributed by atoms with Gasteiger partial charge in [0.05, 0.1) is 5.69 Å². The second kappa shape index (κ2) is 11.8. The third-order valence-electron chi connectivity index (χ3n) is 4.74. The van der Waals surface area contributed by atoms with Gasteiger partial charge >= 0.3 is 6.36 Å². The van der Waals surface area contributed by atoms with Crippen LogP contribution in [0, 0.1) is 11.3 Å². The summed E-state index contributed by atoms with van der Waals surface area (Å²) >= 11 is 1.16. The molecule has 0 aliphatic rings. The summed E-state index contributed by atoms with van der Waals surface area (Å²) in [5.74, 6) is -0.982. The van der Waals surface area contributed by atoms with Gasteiger partial charge in [0.15, 0.2) is 5.82 Å². The number of nitrogens with zero attached hydrogens (tertiary/aromatic N) is 5. The van der Waals surface area contributed by atoms with E-state index in [9.17, 15) is 23.2 Å². The van der Waals surface area contributed by atoms with Gasteiger partial charge in [-0.15, -0.1) is 24.9 Å². The molecule has 1 amide bonds. The molecule has 10 nitrogen and oxygen atoms in total. The largest absolute Gasteiger partial charge is 0.573 e. The van der Waals surface area contributed by atoms with E-state index in [1.165, 1.54) is 24.9 Å². The van der Waals surface area contributed by atoms with Crippen LogP contribution in [0.4, 0.5) is 30.6 Å². The van der Waals surface area contributed by atoms with E-state index in [1.54, 1.807) is 6.26 Å². The van der Waals surface area contributed by atoms with E-state index in [0.29, 0.717) is 11.6 Å². The van der Waals surface area contributed by atoms with Crippen LogP contribution in [0.15, 0.2) is 23.2 Å². The number of rotatable bonds is 10. The number of aromatic nitrogens is 2. The first kappa shape index (κ1) is 27.8. The Morgan fingerprint density at radius 2 is 2.00 bits per heavy atom. The van der Waals surface area contributed by atoms with Gasteiger partial charge in [0, 0.05) is 19.7 Å². The summed E-state index contributed by atoms with van der Waals surface area (Å²) < 4.78 is 48.1. The predicted molar refractivity (Wildman–Crippen MR) is 127 cm³/mol. The molecule has 2 rings (SSSR count). The first-order valence-corrected chi connectivity index (χ1v) is 11.4. The summed E-state index contributed by atoms with van der Waals surface area (Å²) in [6.45, 7) is 2.35. The van der Waals surface area contributed by atoms with Crippen LogP contribution in [0.3, 0.4) is 0 Å². The highest BCUT2D eigenvalue weighted by Crippen LogP contribution is 2.35. The molecule has 0 aliphatic heterocycles. The Hall–Kier alpha value is -3.44. The number of amides is 1. The van der Waals surface area contributed by atoms with Crippen molar-refractivity contribution < 1.29 is 27.4 Å². The number of thioether (sulfide) groups is 1. The highest BCUT2D eigenvalue weighted by molar-refractivity contribution is 7.98. The van der Waals surface area contributed by atoms with Crippen molar-refractivity contribution in [1.29, 1.82) is 5.26 Å². The molecule has 190 valence electrons. The lowest BCUT2D eigenvalue weighted by Gasteiger charge is -2.28. The fourth-order valence-corrected chi connectivity index (χ4v) is 3.36. The van der Waals surface area contributed by atoms with Crippen LogP contribution in [-0.2, 0) is 4.79 Å². The average Bonchev–Trinajstić information content (AvgIpc) is 2.77. The number of benzene rings is 1. The minimum Gasteiger partial charge on any atom is -0.490 e. The lowest BCUT2D eigenvalue weighted by Crippen LogP contribution is -2.40. The highest BCUT2D eigenvalue weighted by atomic mass is 32.2. The Balaban J connectivity index is 2.35. The molecule has 1 atom stereocenters. The van der Waals surface area contributed by atoms with Crippen molar-refractivity contribution in [2.45, 2.75) is 24.4 Å². The molecule has 0 spiro atoms. The number of likely N-dealkylation sites (N-methyl/N-ethyl adjacent to an activating group) is 2. The number of ether oxygens (including phenoxy) is 2. The molecular formula is C21H26F3N7O3S. The van der Waals surface area contributed by atoms with Gasteiger partial charge in [-0.3, -0.25) is 4.79 Å². The summed E-state index contributed by atoms with van der Waals surface area (Å²) in [6.07, 6.45) is -3.19. The van der Waals surface area contributed by atoms with Gasteiger partial charge in [-0.1, -0.05) is 0 Å². The molecule has 3 N–H and O–H groups in total. The number of nitrogens with two attached hydrogens (primary N) is 1. The van der Waals surface area contributed by atoms with Gasteiger partial charge < -0.3 is 30.3 Å². The number of nitrogens with one attached hydrogen (secondary N) is 1. The normalized spacial score (nSPS) is 12.1. The van der Waals surface area contributed by atoms with Gasteiger partial charge in [0.1, 0.15) is 40.8 Å². The SMILES string of the molecule is CSc1nc(N)nc(NC(=O)[C@H](C)N(C)c2cc(OC(F)(F)F)ccc2OCCN(C)C)c1C#N. The van der Waals surface area contributed by atoms with Crippen molar-refractivity contribution in [2.24, 2.45) is 0 Å². The number of halogens is 3. The van der Waals surface area contributed by atoms with E-state index in [4.69, 9.17) is 10.5 Å². The summed E-state index contributed by atoms with van der Waals surface area (Å²) in [5, 5.41) is 12.3. The summed E-state index contributed by atoms with van der Waals surface area (Å²) in [7, 11) is 5.21. The zero-order valence-electron chi connectivity index (χ0n) is 19.8. The van der Waals surface area contributed by atoms with Gasteiger partial charge in [-0.05, 0) is 39.4 Å². The zero-order valence-corrected chi connectivity index (χ0v) is 20.6. The van der Waals surface area contributed by atoms with E-state index in [1.807, 2.05) is 25.1 Å². The van der Waals surface area contributed by atoms with Crippen molar-refractivity contribution in [2.75, 3.05) is 56.5 Å². The highest BCUT2D eigenvalue weighted by Gasteiger charge is 2.32. The van der Waals surface area contributed by atoms with Crippen molar-refractivity contribution in [3.8, 4) is 17.6 Å². The van der Waals surface area contributed by atoms with Crippen LogP contribution < -0.4 is 25.4 Å². The molecule has 1 aromatic heterocycles. The Bertz CT molecular complexity index is 1090. The summed E-state index contributed by atoms with van der Waals surface area (Å²) in [6, 6.07) is 4.63. The van der Waals surface area contributed by atoms with Crippen molar-refractivity contribution >= 4 is 35.1 Å². The van der Waals surface area contributed by atoms with Gasteiger partial charge in [0.25, 0.3) is 0 Å². The number of anilines is 3. The monoisotopic (exact) mass is 513 g/mol. The number of nitriles is 1. The molecule has 0 aliphatic carbocycles. The van der Waals surface area contributed by atoms with E-state index in [2.05, 4.69) is 20.0 Å². The number of hydrogen-bond acceptors (Lipinski definition) is 10. The fraction of sp³-hybridized carbons (Fsp3) is 0.429. The number of carbonyl (C=O) groups is 1. The van der Waals surface area contributed by atoms with Gasteiger partial charge in [-0.2, -0.15) is 10.2 Å². The summed E-state index contributed by atoms with van der Waals surface area (Å²) in [5.41, 5.74) is 5.92. The Morgan fingerprint density at radius 1 is 1.31 bits per heavy atom. The van der Waals surface area contributed by atoms with Crippen LogP contribution in [0.1, 0.15) is 12.5 Å². The smallest absolute Gasteiger partial charge is 0.490 e. The van der Waals surface area contributed by atoms with Crippen LogP contribution >= 0.6 is 11.8 Å². The molecule has 14 heteroatoms. The molecule has 0 saturated carbocycles.